The van der Waals surface area contributed by atoms with Crippen LogP contribution in [0.2, 0.25) is 0 Å². The molecule has 0 aromatic rings. The molecule has 9 heteroatoms. The van der Waals surface area contributed by atoms with E-state index in [1.165, 1.54) is 0 Å². The zero-order valence-electron chi connectivity index (χ0n) is 7.28. The van der Waals surface area contributed by atoms with Crippen LogP contribution in [0.3, 0.4) is 0 Å². The minimum absolute atomic E-state index is 0.861. The van der Waals surface area contributed by atoms with Gasteiger partial charge < -0.3 is 0 Å². The molecule has 1 rings (SSSR count). The van der Waals surface area contributed by atoms with E-state index in [-0.39, 0.29) is 0 Å². The summed E-state index contributed by atoms with van der Waals surface area (Å²) >= 11 is 0. The van der Waals surface area contributed by atoms with E-state index >= 15 is 0 Å². The third-order valence-electron chi connectivity index (χ3n) is 1.79. The van der Waals surface area contributed by atoms with Crippen LogP contribution in [-0.2, 0) is 9.26 Å². The van der Waals surface area contributed by atoms with Crippen molar-refractivity contribution in [2.75, 3.05) is 6.61 Å². The maximum absolute atomic E-state index is 9.31. The predicted octanol–water partition coefficient (Wildman–Crippen LogP) is -2.82. The van der Waals surface area contributed by atoms with Gasteiger partial charge in [0.15, 0.2) is 0 Å². The summed E-state index contributed by atoms with van der Waals surface area (Å²) in [4.78, 5) is 25.3. The summed E-state index contributed by atoms with van der Waals surface area (Å²) in [5, 5.41) is 27.5. The van der Waals surface area contributed by atoms with Gasteiger partial charge in [-0.25, -0.2) is 0 Å². The Morgan fingerprint density at radius 3 is 2.14 bits per heavy atom. The molecule has 0 saturated carbocycles. The summed E-state index contributed by atoms with van der Waals surface area (Å²) in [6.45, 7) is 0.244. The Morgan fingerprint density at radius 1 is 1.36 bits per heavy atom. The van der Waals surface area contributed by atoms with Crippen LogP contribution in [0.25, 0.3) is 0 Å². The Balaban J connectivity index is 2.47. The monoisotopic (exact) mass is 232 g/mol. The van der Waals surface area contributed by atoms with Crippen LogP contribution >= 0.6 is 8.17 Å². The molecule has 86 valence electrons. The van der Waals surface area contributed by atoms with Crippen molar-refractivity contribution < 1.29 is 39.3 Å². The van der Waals surface area contributed by atoms with Crippen LogP contribution in [0.5, 0.6) is 0 Å². The molecule has 1 saturated heterocycles. The molecule has 1 aliphatic heterocycles. The van der Waals surface area contributed by atoms with Crippen LogP contribution in [0, 0.1) is 0 Å². The van der Waals surface area contributed by atoms with Crippen LogP contribution in [0.1, 0.15) is 6.92 Å². The zero-order valence-corrected chi connectivity index (χ0v) is 8.28. The van der Waals surface area contributed by atoms with Crippen molar-refractivity contribution in [3.8, 4) is 0 Å². The Morgan fingerprint density at radius 2 is 1.86 bits per heavy atom. The molecule has 1 fully saturated rings. The van der Waals surface area contributed by atoms with Crippen LogP contribution < -0.4 is 0 Å². The summed E-state index contributed by atoms with van der Waals surface area (Å²) < 4.78 is 8.51. The van der Waals surface area contributed by atoms with Gasteiger partial charge in [0.2, 0.25) is 0 Å². The van der Waals surface area contributed by atoms with Crippen molar-refractivity contribution in [1.29, 1.82) is 0 Å². The standard InChI is InChI=1S/C5H13O8P/c1-4(7)3(6)5(8,13-4)2-12-14(9,10)11/h3,6-11,14H,2H2,1H3/t3?,4?,5-/m0/s1. The molecule has 0 bridgehead atoms. The third kappa shape index (κ3) is 2.37. The van der Waals surface area contributed by atoms with Crippen LogP contribution in [-0.4, -0.2) is 54.3 Å². The predicted molar refractivity (Wildman–Crippen MR) is 43.6 cm³/mol. The van der Waals surface area contributed by atoms with E-state index < -0.39 is 32.5 Å². The molecule has 6 N–H and O–H groups in total. The van der Waals surface area contributed by atoms with Gasteiger partial charge in [-0.2, -0.15) is 0 Å². The van der Waals surface area contributed by atoms with Crippen molar-refractivity contribution in [1.82, 2.24) is 0 Å². The molecule has 0 aromatic carbocycles. The molecule has 14 heavy (non-hydrogen) atoms. The van der Waals surface area contributed by atoms with Gasteiger partial charge in [0.05, 0.1) is 0 Å². The molecule has 8 nitrogen and oxygen atoms in total. The fraction of sp³-hybridized carbons (Fsp3) is 1.00. The second-order valence-electron chi connectivity index (χ2n) is 3.27. The first-order valence-electron chi connectivity index (χ1n) is 3.71. The molecule has 0 aliphatic carbocycles. The SMILES string of the molecule is CC1(O)O[C@@](O)(CO[PH](O)(O)O)C1O. The molecule has 0 spiro atoms. The number of aliphatic hydroxyl groups is 3. The summed E-state index contributed by atoms with van der Waals surface area (Å²) in [6, 6.07) is 0. The van der Waals surface area contributed by atoms with Gasteiger partial charge in [-0.3, -0.25) is 0 Å². The second-order valence-corrected chi connectivity index (χ2v) is 4.70. The molecule has 3 atom stereocenters. The van der Waals surface area contributed by atoms with E-state index in [0.717, 1.165) is 6.92 Å². The van der Waals surface area contributed by atoms with Gasteiger partial charge in [0, 0.05) is 0 Å². The van der Waals surface area contributed by atoms with E-state index in [9.17, 15) is 5.11 Å². The van der Waals surface area contributed by atoms with Gasteiger partial charge in [0.1, 0.15) is 0 Å². The summed E-state index contributed by atoms with van der Waals surface area (Å²) in [6.07, 6.45) is -1.66. The fourth-order valence-corrected chi connectivity index (χ4v) is 1.54. The van der Waals surface area contributed by atoms with E-state index in [0.29, 0.717) is 0 Å². The van der Waals surface area contributed by atoms with Gasteiger partial charge in [-0.1, -0.05) is 0 Å². The molecule has 1 heterocycles. The Bertz CT molecular complexity index is 224. The molecular formula is C5H13O8P. The number of rotatable bonds is 3. The first kappa shape index (κ1) is 12.2. The first-order valence-corrected chi connectivity index (χ1v) is 5.46. The quantitative estimate of drug-likeness (QED) is 0.286. The molecule has 2 unspecified atom stereocenters. The number of hydrogen-bond acceptors (Lipinski definition) is 8. The normalized spacial score (nSPS) is 44.6. The number of hydrogen-bond donors (Lipinski definition) is 6. The fourth-order valence-electron chi connectivity index (χ4n) is 1.14. The zero-order chi connectivity index (χ0) is 11.2. The van der Waals surface area contributed by atoms with Crippen molar-refractivity contribution in [3.05, 3.63) is 0 Å². The van der Waals surface area contributed by atoms with Crippen molar-refractivity contribution in [3.63, 3.8) is 0 Å². The molecular weight excluding hydrogens is 219 g/mol. The number of aliphatic hydroxyl groups excluding tert-OH is 1. The minimum atomic E-state index is -4.76. The molecule has 1 aliphatic rings. The summed E-state index contributed by atoms with van der Waals surface area (Å²) in [5.41, 5.74) is 0. The van der Waals surface area contributed by atoms with Gasteiger partial charge in [-0.05, 0) is 0 Å². The topological polar surface area (TPSA) is 140 Å². The molecule has 0 radical (unpaired) electrons. The van der Waals surface area contributed by atoms with E-state index in [4.69, 9.17) is 24.9 Å². The Hall–Kier alpha value is 0.110. The Kier molecular flexibility index (Phi) is 2.88. The summed E-state index contributed by atoms with van der Waals surface area (Å²) in [5.74, 6) is -4.15. The van der Waals surface area contributed by atoms with Gasteiger partial charge >= 0.3 is 78.6 Å². The van der Waals surface area contributed by atoms with Crippen molar-refractivity contribution in [2.45, 2.75) is 24.6 Å². The van der Waals surface area contributed by atoms with Crippen LogP contribution in [0.4, 0.5) is 0 Å². The van der Waals surface area contributed by atoms with E-state index in [1.54, 1.807) is 0 Å². The van der Waals surface area contributed by atoms with Crippen molar-refractivity contribution >= 4 is 8.17 Å². The molecule has 0 amide bonds. The number of ether oxygens (including phenoxy) is 1. The van der Waals surface area contributed by atoms with E-state index in [1.807, 2.05) is 0 Å². The first-order chi connectivity index (χ1) is 6.07. The van der Waals surface area contributed by atoms with Crippen molar-refractivity contribution in [2.24, 2.45) is 0 Å². The second kappa shape index (κ2) is 3.31. The average molecular weight is 232 g/mol. The van der Waals surface area contributed by atoms with Gasteiger partial charge in [0.25, 0.3) is 0 Å². The average Bonchev–Trinajstić information content (AvgIpc) is 1.98. The Labute approximate surface area is 79.6 Å². The van der Waals surface area contributed by atoms with Gasteiger partial charge in [-0.15, -0.1) is 0 Å². The molecule has 0 aromatic heterocycles. The third-order valence-corrected chi connectivity index (χ3v) is 2.32. The van der Waals surface area contributed by atoms with E-state index in [2.05, 4.69) is 9.26 Å². The van der Waals surface area contributed by atoms with Crippen LogP contribution in [0.15, 0.2) is 0 Å². The summed E-state index contributed by atoms with van der Waals surface area (Å²) in [7, 11) is -4.76. The maximum atomic E-state index is 9.31.